The van der Waals surface area contributed by atoms with Crippen LogP contribution in [0.25, 0.3) is 11.0 Å². The Morgan fingerprint density at radius 1 is 1.10 bits per heavy atom. The molecule has 1 fully saturated rings. The second-order valence-corrected chi connectivity index (χ2v) is 9.02. The maximum Gasteiger partial charge on any atom is 0.243 e. The number of aryl methyl sites for hydroxylation is 1. The van der Waals surface area contributed by atoms with Crippen molar-refractivity contribution in [2.45, 2.75) is 23.7 Å². The van der Waals surface area contributed by atoms with Crippen LogP contribution < -0.4 is 0 Å². The number of nitriles is 1. The standard InChI is InChI=1S/C21H20N4O3S/c1-24-19-7-3-2-6-18(19)23-21(24)17(14-22)20(26)15-8-10-16(11-9-15)29(27,28)25-12-4-5-13-25/h2-3,6-11,17H,4-5,12-13H2,1H3. The molecule has 29 heavy (non-hydrogen) atoms. The minimum absolute atomic E-state index is 0.159. The largest absolute Gasteiger partial charge is 0.330 e. The summed E-state index contributed by atoms with van der Waals surface area (Å²) in [5.41, 5.74) is 1.83. The normalized spacial score (nSPS) is 16.0. The maximum absolute atomic E-state index is 13.0. The van der Waals surface area contributed by atoms with Gasteiger partial charge in [0.05, 0.1) is 22.0 Å². The first kappa shape index (κ1) is 19.3. The molecule has 1 aliphatic rings. The molecule has 2 aromatic carbocycles. The first-order chi connectivity index (χ1) is 13.9. The minimum atomic E-state index is -3.54. The second kappa shape index (κ2) is 7.43. The number of hydrogen-bond acceptors (Lipinski definition) is 5. The van der Waals surface area contributed by atoms with Crippen molar-refractivity contribution in [1.82, 2.24) is 13.9 Å². The zero-order chi connectivity index (χ0) is 20.6. The number of imidazole rings is 1. The predicted octanol–water partition coefficient (Wildman–Crippen LogP) is 2.85. The smallest absolute Gasteiger partial charge is 0.243 e. The van der Waals surface area contributed by atoms with Crippen LogP contribution in [0.15, 0.2) is 53.4 Å². The van der Waals surface area contributed by atoms with Gasteiger partial charge in [0, 0.05) is 25.7 Å². The molecule has 7 nitrogen and oxygen atoms in total. The average molecular weight is 408 g/mol. The number of fused-ring (bicyclic) bond motifs is 1. The van der Waals surface area contributed by atoms with Gasteiger partial charge in [-0.15, -0.1) is 0 Å². The number of benzene rings is 2. The number of sulfonamides is 1. The van der Waals surface area contributed by atoms with Crippen molar-refractivity contribution in [2.75, 3.05) is 13.1 Å². The number of carbonyl (C=O) groups is 1. The van der Waals surface area contributed by atoms with Gasteiger partial charge in [-0.1, -0.05) is 24.3 Å². The number of Topliss-reactive ketones (excluding diaryl/α,β-unsaturated/α-hetero) is 1. The number of nitrogens with zero attached hydrogens (tertiary/aromatic N) is 4. The molecule has 1 atom stereocenters. The topological polar surface area (TPSA) is 96.1 Å². The summed E-state index contributed by atoms with van der Waals surface area (Å²) in [6, 6.07) is 15.3. The van der Waals surface area contributed by atoms with Gasteiger partial charge in [0.1, 0.15) is 5.82 Å². The summed E-state index contributed by atoms with van der Waals surface area (Å²) in [6.07, 6.45) is 1.72. The monoisotopic (exact) mass is 408 g/mol. The number of hydrogen-bond donors (Lipinski definition) is 0. The first-order valence-corrected chi connectivity index (χ1v) is 10.8. The van der Waals surface area contributed by atoms with E-state index in [-0.39, 0.29) is 10.5 Å². The summed E-state index contributed by atoms with van der Waals surface area (Å²) in [6.45, 7) is 1.04. The minimum Gasteiger partial charge on any atom is -0.330 e. The highest BCUT2D eigenvalue weighted by Gasteiger charge is 2.29. The van der Waals surface area contributed by atoms with Crippen molar-refractivity contribution in [1.29, 1.82) is 5.26 Å². The van der Waals surface area contributed by atoms with Gasteiger partial charge in [0.25, 0.3) is 0 Å². The van der Waals surface area contributed by atoms with Crippen LogP contribution in [0, 0.1) is 11.3 Å². The molecule has 0 spiro atoms. The molecule has 1 aliphatic heterocycles. The summed E-state index contributed by atoms with van der Waals surface area (Å²) >= 11 is 0. The third kappa shape index (κ3) is 3.33. The molecule has 0 saturated carbocycles. The molecule has 1 saturated heterocycles. The zero-order valence-corrected chi connectivity index (χ0v) is 16.8. The van der Waals surface area contributed by atoms with Crippen molar-refractivity contribution in [3.63, 3.8) is 0 Å². The lowest BCUT2D eigenvalue weighted by molar-refractivity contribution is 0.0975. The van der Waals surface area contributed by atoms with Crippen LogP contribution in [-0.2, 0) is 17.1 Å². The summed E-state index contributed by atoms with van der Waals surface area (Å²) in [5, 5.41) is 9.66. The lowest BCUT2D eigenvalue weighted by atomic mass is 9.98. The molecule has 0 amide bonds. The van der Waals surface area contributed by atoms with Crippen molar-refractivity contribution in [3.05, 3.63) is 59.9 Å². The van der Waals surface area contributed by atoms with Crippen LogP contribution in [0.3, 0.4) is 0 Å². The molecule has 3 aromatic rings. The maximum atomic E-state index is 13.0. The lowest BCUT2D eigenvalue weighted by Crippen LogP contribution is -2.27. The Morgan fingerprint density at radius 2 is 1.76 bits per heavy atom. The van der Waals surface area contributed by atoms with Gasteiger partial charge in [0.2, 0.25) is 10.0 Å². The third-order valence-electron chi connectivity index (χ3n) is 5.31. The van der Waals surface area contributed by atoms with E-state index in [0.29, 0.717) is 24.4 Å². The number of aromatic nitrogens is 2. The highest BCUT2D eigenvalue weighted by atomic mass is 32.2. The van der Waals surface area contributed by atoms with E-state index in [1.165, 1.54) is 28.6 Å². The van der Waals surface area contributed by atoms with Gasteiger partial charge < -0.3 is 4.57 Å². The van der Waals surface area contributed by atoms with Gasteiger partial charge in [0.15, 0.2) is 11.7 Å². The Labute approximate surface area is 169 Å². The fourth-order valence-corrected chi connectivity index (χ4v) is 5.21. The Balaban J connectivity index is 1.64. The number of para-hydroxylation sites is 2. The summed E-state index contributed by atoms with van der Waals surface area (Å²) in [5.74, 6) is -1.11. The van der Waals surface area contributed by atoms with Gasteiger partial charge >= 0.3 is 0 Å². The lowest BCUT2D eigenvalue weighted by Gasteiger charge is -2.15. The second-order valence-electron chi connectivity index (χ2n) is 7.08. The fourth-order valence-electron chi connectivity index (χ4n) is 3.69. The summed E-state index contributed by atoms with van der Waals surface area (Å²) < 4.78 is 28.5. The van der Waals surface area contributed by atoms with Crippen LogP contribution in [0.4, 0.5) is 0 Å². The summed E-state index contributed by atoms with van der Waals surface area (Å²) in [4.78, 5) is 17.6. The molecule has 2 heterocycles. The van der Waals surface area contributed by atoms with Crippen molar-refractivity contribution in [3.8, 4) is 6.07 Å². The zero-order valence-electron chi connectivity index (χ0n) is 15.9. The Morgan fingerprint density at radius 3 is 2.38 bits per heavy atom. The van der Waals surface area contributed by atoms with E-state index in [4.69, 9.17) is 0 Å². The highest BCUT2D eigenvalue weighted by molar-refractivity contribution is 7.89. The third-order valence-corrected chi connectivity index (χ3v) is 7.23. The SMILES string of the molecule is Cn1c(C(C#N)C(=O)c2ccc(S(=O)(=O)N3CCCC3)cc2)nc2ccccc21. The molecular formula is C21H20N4O3S. The van der Waals surface area contributed by atoms with Crippen LogP contribution >= 0.6 is 0 Å². The van der Waals surface area contributed by atoms with Gasteiger partial charge in [-0.05, 0) is 37.1 Å². The number of carbonyl (C=O) groups excluding carboxylic acids is 1. The molecule has 0 aliphatic carbocycles. The van der Waals surface area contributed by atoms with Gasteiger partial charge in [-0.25, -0.2) is 13.4 Å². The van der Waals surface area contributed by atoms with E-state index in [9.17, 15) is 18.5 Å². The Kier molecular flexibility index (Phi) is 4.94. The molecule has 8 heteroatoms. The molecule has 0 bridgehead atoms. The molecule has 4 rings (SSSR count). The number of ketones is 1. The van der Waals surface area contributed by atoms with E-state index in [2.05, 4.69) is 4.98 Å². The van der Waals surface area contributed by atoms with Crippen molar-refractivity contribution >= 4 is 26.8 Å². The van der Waals surface area contributed by atoms with E-state index < -0.39 is 21.7 Å². The first-order valence-electron chi connectivity index (χ1n) is 9.39. The number of rotatable bonds is 5. The van der Waals surface area contributed by atoms with Crippen LogP contribution in [0.5, 0.6) is 0 Å². The Hall–Kier alpha value is -3.02. The Bertz CT molecular complexity index is 1220. The molecule has 1 unspecified atom stereocenters. The van der Waals surface area contributed by atoms with E-state index >= 15 is 0 Å². The highest BCUT2D eigenvalue weighted by Crippen LogP contribution is 2.26. The predicted molar refractivity (Wildman–Crippen MR) is 108 cm³/mol. The van der Waals surface area contributed by atoms with Crippen molar-refractivity contribution in [2.24, 2.45) is 7.05 Å². The molecule has 1 aromatic heterocycles. The van der Waals surface area contributed by atoms with E-state index in [0.717, 1.165) is 18.4 Å². The molecular weight excluding hydrogens is 388 g/mol. The van der Waals surface area contributed by atoms with Gasteiger partial charge in [-0.2, -0.15) is 9.57 Å². The molecule has 0 N–H and O–H groups in total. The van der Waals surface area contributed by atoms with Crippen LogP contribution in [0.2, 0.25) is 0 Å². The average Bonchev–Trinajstić information content (AvgIpc) is 3.39. The van der Waals surface area contributed by atoms with Crippen LogP contribution in [-0.4, -0.2) is 41.1 Å². The quantitative estimate of drug-likeness (QED) is 0.605. The van der Waals surface area contributed by atoms with Crippen molar-refractivity contribution < 1.29 is 13.2 Å². The van der Waals surface area contributed by atoms with E-state index in [1.54, 1.807) is 11.6 Å². The molecule has 0 radical (unpaired) electrons. The molecule has 148 valence electrons. The van der Waals surface area contributed by atoms with Gasteiger partial charge in [-0.3, -0.25) is 4.79 Å². The van der Waals surface area contributed by atoms with E-state index in [1.807, 2.05) is 30.3 Å². The summed E-state index contributed by atoms with van der Waals surface area (Å²) in [7, 11) is -1.77. The van der Waals surface area contributed by atoms with Crippen LogP contribution in [0.1, 0.15) is 34.9 Å². The fraction of sp³-hybridized carbons (Fsp3) is 0.286.